The van der Waals surface area contributed by atoms with Gasteiger partial charge in [-0.05, 0) is 56.6 Å². The van der Waals surface area contributed by atoms with Crippen LogP contribution in [0.2, 0.25) is 0 Å². The molecule has 2 atom stereocenters. The molecule has 0 unspecified atom stereocenters. The van der Waals surface area contributed by atoms with Gasteiger partial charge in [-0.3, -0.25) is 9.58 Å². The molecule has 6 heteroatoms. The predicted octanol–water partition coefficient (Wildman–Crippen LogP) is 2.79. The van der Waals surface area contributed by atoms with Crippen LogP contribution in [0.25, 0.3) is 0 Å². The number of hydrogen-bond donors (Lipinski definition) is 0. The van der Waals surface area contributed by atoms with Gasteiger partial charge in [-0.2, -0.15) is 5.10 Å². The van der Waals surface area contributed by atoms with Crippen molar-refractivity contribution in [2.24, 2.45) is 13.0 Å². The van der Waals surface area contributed by atoms with E-state index in [0.717, 1.165) is 25.5 Å². The summed E-state index contributed by atoms with van der Waals surface area (Å²) in [6.07, 6.45) is 8.72. The molecule has 0 bridgehead atoms. The van der Waals surface area contributed by atoms with Gasteiger partial charge >= 0.3 is 0 Å². The van der Waals surface area contributed by atoms with Crippen LogP contribution in [0.15, 0.2) is 30.7 Å². The third-order valence-corrected chi connectivity index (χ3v) is 5.60. The van der Waals surface area contributed by atoms with E-state index in [-0.39, 0.29) is 0 Å². The summed E-state index contributed by atoms with van der Waals surface area (Å²) in [5, 5.41) is 4.43. The maximum absolute atomic E-state index is 4.43. The van der Waals surface area contributed by atoms with Gasteiger partial charge in [0.05, 0.1) is 6.20 Å². The molecule has 0 radical (unpaired) electrons. The average molecular weight is 371 g/mol. The van der Waals surface area contributed by atoms with Gasteiger partial charge in [-0.1, -0.05) is 6.92 Å². The van der Waals surface area contributed by atoms with Crippen molar-refractivity contribution in [2.75, 3.05) is 45.7 Å². The molecule has 2 aromatic rings. The van der Waals surface area contributed by atoms with Gasteiger partial charge in [0.1, 0.15) is 5.82 Å². The largest absolute Gasteiger partial charge is 0.363 e. The maximum atomic E-state index is 4.43. The van der Waals surface area contributed by atoms with E-state index in [0.29, 0.717) is 12.0 Å². The lowest BCUT2D eigenvalue weighted by molar-refractivity contribution is 0.0749. The van der Waals surface area contributed by atoms with E-state index in [1.807, 2.05) is 32.0 Å². The highest BCUT2D eigenvalue weighted by atomic mass is 15.3. The van der Waals surface area contributed by atoms with Crippen LogP contribution >= 0.6 is 0 Å². The van der Waals surface area contributed by atoms with Crippen LogP contribution in [0, 0.1) is 5.92 Å². The molecule has 1 fully saturated rings. The lowest BCUT2D eigenvalue weighted by Crippen LogP contribution is -2.42. The summed E-state index contributed by atoms with van der Waals surface area (Å²) >= 11 is 0. The Morgan fingerprint density at radius 3 is 2.74 bits per heavy atom. The van der Waals surface area contributed by atoms with Gasteiger partial charge in [-0.25, -0.2) is 4.98 Å². The summed E-state index contributed by atoms with van der Waals surface area (Å²) in [4.78, 5) is 11.6. The first-order valence-corrected chi connectivity index (χ1v) is 10.0. The fraction of sp³-hybridized carbons (Fsp3) is 0.619. The van der Waals surface area contributed by atoms with E-state index in [1.165, 1.54) is 30.5 Å². The standard InChI is InChI=1S/C21H34N6/c1-6-27-11-7-8-18(21(27)19-13-23-26(5)16-19)15-25(4)14-17-9-10-22-20(12-17)24(2)3/h9-10,12-13,16,18,21H,6-8,11,14-15H2,1-5H3/t18-,21+/m0/s1. The summed E-state index contributed by atoms with van der Waals surface area (Å²) in [5.41, 5.74) is 2.67. The lowest BCUT2D eigenvalue weighted by Gasteiger charge is -2.42. The summed E-state index contributed by atoms with van der Waals surface area (Å²) < 4.78 is 1.93. The molecule has 27 heavy (non-hydrogen) atoms. The summed E-state index contributed by atoms with van der Waals surface area (Å²) in [7, 11) is 8.32. The number of rotatable bonds is 7. The molecule has 0 amide bonds. The summed E-state index contributed by atoms with van der Waals surface area (Å²) in [6.45, 7) is 6.60. The molecule has 0 spiro atoms. The van der Waals surface area contributed by atoms with E-state index in [9.17, 15) is 0 Å². The second-order valence-electron chi connectivity index (χ2n) is 8.04. The SMILES string of the molecule is CCN1CCC[C@@H](CN(C)Cc2ccnc(N(C)C)c2)[C@@H]1c1cnn(C)c1. The molecule has 0 aliphatic carbocycles. The number of piperidine rings is 1. The van der Waals surface area contributed by atoms with Crippen molar-refractivity contribution < 1.29 is 0 Å². The zero-order valence-electron chi connectivity index (χ0n) is 17.5. The van der Waals surface area contributed by atoms with Crippen LogP contribution in [0.5, 0.6) is 0 Å². The molecule has 3 rings (SSSR count). The highest BCUT2D eigenvalue weighted by molar-refractivity contribution is 5.38. The number of hydrogen-bond acceptors (Lipinski definition) is 5. The number of nitrogens with zero attached hydrogens (tertiary/aromatic N) is 6. The molecular formula is C21H34N6. The second kappa shape index (κ2) is 8.85. The summed E-state index contributed by atoms with van der Waals surface area (Å²) in [5.74, 6) is 1.65. The van der Waals surface area contributed by atoms with Gasteiger partial charge in [0.15, 0.2) is 0 Å². The Labute approximate surface area is 163 Å². The Kier molecular flexibility index (Phi) is 6.50. The van der Waals surface area contributed by atoms with Crippen LogP contribution in [-0.2, 0) is 13.6 Å². The first-order valence-electron chi connectivity index (χ1n) is 10.0. The molecule has 6 nitrogen and oxygen atoms in total. The predicted molar refractivity (Wildman–Crippen MR) is 111 cm³/mol. The van der Waals surface area contributed by atoms with Crippen LogP contribution < -0.4 is 4.90 Å². The number of aromatic nitrogens is 3. The summed E-state index contributed by atoms with van der Waals surface area (Å²) in [6, 6.07) is 4.78. The van der Waals surface area contributed by atoms with Crippen molar-refractivity contribution in [3.8, 4) is 0 Å². The van der Waals surface area contributed by atoms with Crippen molar-refractivity contribution in [3.05, 3.63) is 41.9 Å². The molecular weight excluding hydrogens is 336 g/mol. The normalized spacial score (nSPS) is 21.0. The maximum Gasteiger partial charge on any atom is 0.128 e. The zero-order chi connectivity index (χ0) is 19.4. The second-order valence-corrected chi connectivity index (χ2v) is 8.04. The Bertz CT molecular complexity index is 725. The number of pyridine rings is 1. The zero-order valence-corrected chi connectivity index (χ0v) is 17.5. The fourth-order valence-corrected chi connectivity index (χ4v) is 4.35. The number of likely N-dealkylation sites (tertiary alicyclic amines) is 1. The number of aryl methyl sites for hydroxylation is 1. The van der Waals surface area contributed by atoms with Gasteiger partial charge in [0.25, 0.3) is 0 Å². The molecule has 2 aromatic heterocycles. The van der Waals surface area contributed by atoms with Crippen molar-refractivity contribution in [3.63, 3.8) is 0 Å². The molecule has 0 saturated carbocycles. The minimum atomic E-state index is 0.467. The minimum Gasteiger partial charge on any atom is -0.363 e. The van der Waals surface area contributed by atoms with Crippen LogP contribution in [-0.4, -0.2) is 65.3 Å². The third-order valence-electron chi connectivity index (χ3n) is 5.60. The smallest absolute Gasteiger partial charge is 0.128 e. The minimum absolute atomic E-state index is 0.467. The lowest BCUT2D eigenvalue weighted by atomic mass is 9.85. The topological polar surface area (TPSA) is 40.4 Å². The monoisotopic (exact) mass is 370 g/mol. The van der Waals surface area contributed by atoms with Gasteiger partial charge in [0, 0.05) is 58.2 Å². The molecule has 1 saturated heterocycles. The van der Waals surface area contributed by atoms with Gasteiger partial charge < -0.3 is 9.80 Å². The average Bonchev–Trinajstić information content (AvgIpc) is 3.07. The quantitative estimate of drug-likeness (QED) is 0.750. The Balaban J connectivity index is 1.71. The van der Waals surface area contributed by atoms with Gasteiger partial charge in [0.2, 0.25) is 0 Å². The Hall–Kier alpha value is -1.92. The molecule has 148 valence electrons. The first-order chi connectivity index (χ1) is 13.0. The third kappa shape index (κ3) is 4.87. The van der Waals surface area contributed by atoms with Crippen molar-refractivity contribution in [1.29, 1.82) is 0 Å². The molecule has 1 aliphatic rings. The number of anilines is 1. The first kappa shape index (κ1) is 19.8. The Morgan fingerprint density at radius 2 is 2.07 bits per heavy atom. The van der Waals surface area contributed by atoms with E-state index < -0.39 is 0 Å². The van der Waals surface area contributed by atoms with E-state index in [2.05, 4.69) is 63.3 Å². The van der Waals surface area contributed by atoms with E-state index >= 15 is 0 Å². The van der Waals surface area contributed by atoms with Gasteiger partial charge in [-0.15, -0.1) is 0 Å². The Morgan fingerprint density at radius 1 is 1.26 bits per heavy atom. The van der Waals surface area contributed by atoms with Crippen molar-refractivity contribution in [1.82, 2.24) is 24.6 Å². The molecule has 0 aromatic carbocycles. The fourth-order valence-electron chi connectivity index (χ4n) is 4.35. The molecule has 1 aliphatic heterocycles. The molecule has 3 heterocycles. The van der Waals surface area contributed by atoms with Crippen molar-refractivity contribution >= 4 is 5.82 Å². The van der Waals surface area contributed by atoms with E-state index in [1.54, 1.807) is 0 Å². The highest BCUT2D eigenvalue weighted by Gasteiger charge is 2.33. The van der Waals surface area contributed by atoms with Crippen molar-refractivity contribution in [2.45, 2.75) is 32.4 Å². The van der Waals surface area contributed by atoms with Crippen LogP contribution in [0.1, 0.15) is 36.9 Å². The highest BCUT2D eigenvalue weighted by Crippen LogP contribution is 2.36. The van der Waals surface area contributed by atoms with E-state index in [4.69, 9.17) is 0 Å². The molecule has 0 N–H and O–H groups in total. The van der Waals surface area contributed by atoms with Crippen LogP contribution in [0.4, 0.5) is 5.82 Å². The van der Waals surface area contributed by atoms with Crippen LogP contribution in [0.3, 0.4) is 0 Å².